The van der Waals surface area contributed by atoms with Gasteiger partial charge in [0.25, 0.3) is 5.56 Å². The van der Waals surface area contributed by atoms with Gasteiger partial charge in [0.2, 0.25) is 5.91 Å². The van der Waals surface area contributed by atoms with E-state index in [-0.39, 0.29) is 23.0 Å². The van der Waals surface area contributed by atoms with Crippen molar-refractivity contribution in [1.29, 1.82) is 0 Å². The zero-order valence-electron chi connectivity index (χ0n) is 14.7. The van der Waals surface area contributed by atoms with Crippen molar-refractivity contribution in [2.75, 3.05) is 0 Å². The van der Waals surface area contributed by atoms with Crippen LogP contribution in [0.2, 0.25) is 0 Å². The van der Waals surface area contributed by atoms with Crippen molar-refractivity contribution < 1.29 is 13.6 Å². The number of hydrogen-bond donors (Lipinski definition) is 2. The molecule has 0 aliphatic heterocycles. The Morgan fingerprint density at radius 2 is 1.86 bits per heavy atom. The van der Waals surface area contributed by atoms with Gasteiger partial charge in [-0.3, -0.25) is 9.59 Å². The number of primary amides is 1. The lowest BCUT2D eigenvalue weighted by Gasteiger charge is -2.07. The normalized spacial score (nSPS) is 11.1. The zero-order valence-corrected chi connectivity index (χ0v) is 16.3. The predicted octanol–water partition coefficient (Wildman–Crippen LogP) is 3.45. The second-order valence-corrected chi connectivity index (χ2v) is 7.22. The van der Waals surface area contributed by atoms with Gasteiger partial charge in [0.15, 0.2) is 11.6 Å². The first kappa shape index (κ1) is 19.0. The van der Waals surface area contributed by atoms with E-state index >= 15 is 0 Å². The van der Waals surface area contributed by atoms with E-state index in [1.165, 1.54) is 12.3 Å². The van der Waals surface area contributed by atoms with Gasteiger partial charge in [-0.1, -0.05) is 24.3 Å². The lowest BCUT2D eigenvalue weighted by atomic mass is 10.0. The van der Waals surface area contributed by atoms with Crippen molar-refractivity contribution in [3.8, 4) is 16.9 Å². The molecule has 146 valence electrons. The number of nitrogens with one attached hydrogen (secondary N) is 1. The van der Waals surface area contributed by atoms with E-state index < -0.39 is 28.8 Å². The van der Waals surface area contributed by atoms with Crippen molar-refractivity contribution in [2.24, 2.45) is 5.73 Å². The minimum Gasteiger partial charge on any atom is -0.369 e. The van der Waals surface area contributed by atoms with Crippen LogP contribution >= 0.6 is 15.9 Å². The fraction of sp³-hybridized carbons (Fsp3) is 0.0500. The van der Waals surface area contributed by atoms with Crippen molar-refractivity contribution in [2.45, 2.75) is 6.42 Å². The number of carbonyl (C=O) groups is 1. The number of pyridine rings is 1. The maximum absolute atomic E-state index is 14.5. The summed E-state index contributed by atoms with van der Waals surface area (Å²) in [6, 6.07) is 10.2. The number of aromatic amines is 1. The van der Waals surface area contributed by atoms with Crippen LogP contribution in [0.5, 0.6) is 0 Å². The maximum Gasteiger partial charge on any atom is 0.259 e. The number of carbonyl (C=O) groups excluding carboxylic acids is 1. The Kier molecular flexibility index (Phi) is 4.75. The molecule has 0 radical (unpaired) electrons. The molecule has 2 aromatic carbocycles. The van der Waals surface area contributed by atoms with Crippen molar-refractivity contribution in [1.82, 2.24) is 14.8 Å². The summed E-state index contributed by atoms with van der Waals surface area (Å²) in [5.41, 5.74) is 5.96. The molecule has 0 saturated carbocycles. The van der Waals surface area contributed by atoms with Crippen LogP contribution < -0.4 is 11.3 Å². The van der Waals surface area contributed by atoms with E-state index in [2.05, 4.69) is 26.0 Å². The average Bonchev–Trinajstić information content (AvgIpc) is 3.06. The Balaban J connectivity index is 2.06. The highest BCUT2D eigenvalue weighted by atomic mass is 79.9. The number of para-hydroxylation sites is 1. The van der Waals surface area contributed by atoms with E-state index in [0.717, 1.165) is 16.8 Å². The van der Waals surface area contributed by atoms with Crippen LogP contribution in [0, 0.1) is 11.6 Å². The Hall–Kier alpha value is -3.33. The number of nitrogens with zero attached hydrogens (tertiary/aromatic N) is 2. The fourth-order valence-electron chi connectivity index (χ4n) is 3.21. The first-order chi connectivity index (χ1) is 13.9. The molecule has 6 nitrogen and oxygen atoms in total. The van der Waals surface area contributed by atoms with E-state index in [1.54, 1.807) is 24.3 Å². The number of nitrogens with two attached hydrogens (primary N) is 1. The highest BCUT2D eigenvalue weighted by Crippen LogP contribution is 2.33. The SMILES string of the molecule is NC(=O)Cc1cccc(-c2nn(-c3c(F)cccc3F)c3c(Br)c[nH]c(=O)c23)c1. The van der Waals surface area contributed by atoms with Crippen molar-refractivity contribution in [3.05, 3.63) is 80.7 Å². The van der Waals surface area contributed by atoms with E-state index in [4.69, 9.17) is 5.73 Å². The van der Waals surface area contributed by atoms with Crippen LogP contribution in [-0.4, -0.2) is 20.7 Å². The summed E-state index contributed by atoms with van der Waals surface area (Å²) in [6.45, 7) is 0. The first-order valence-electron chi connectivity index (χ1n) is 8.48. The molecule has 0 atom stereocenters. The molecule has 3 N–H and O–H groups in total. The summed E-state index contributed by atoms with van der Waals surface area (Å²) < 4.78 is 30.4. The van der Waals surface area contributed by atoms with Gasteiger partial charge in [-0.25, -0.2) is 13.5 Å². The smallest absolute Gasteiger partial charge is 0.259 e. The fourth-order valence-corrected chi connectivity index (χ4v) is 3.69. The lowest BCUT2D eigenvalue weighted by molar-refractivity contribution is -0.117. The molecule has 0 unspecified atom stereocenters. The topological polar surface area (TPSA) is 93.8 Å². The molecule has 0 aliphatic rings. The first-order valence-corrected chi connectivity index (χ1v) is 9.28. The number of amides is 1. The number of H-pyrrole nitrogens is 1. The third-order valence-electron chi connectivity index (χ3n) is 4.40. The number of halogens is 3. The maximum atomic E-state index is 14.5. The van der Waals surface area contributed by atoms with Crippen LogP contribution in [0.4, 0.5) is 8.78 Å². The second kappa shape index (κ2) is 7.25. The number of rotatable bonds is 4. The molecule has 4 rings (SSSR count). The molecule has 1 amide bonds. The molecule has 0 aliphatic carbocycles. The third kappa shape index (κ3) is 3.33. The van der Waals surface area contributed by atoms with Gasteiger partial charge >= 0.3 is 0 Å². The van der Waals surface area contributed by atoms with E-state index in [1.807, 2.05) is 0 Å². The van der Waals surface area contributed by atoms with Crippen molar-refractivity contribution in [3.63, 3.8) is 0 Å². The van der Waals surface area contributed by atoms with Gasteiger partial charge in [0.1, 0.15) is 11.4 Å². The predicted molar refractivity (Wildman–Crippen MR) is 108 cm³/mol. The highest BCUT2D eigenvalue weighted by Gasteiger charge is 2.23. The van der Waals surface area contributed by atoms with Crippen LogP contribution in [-0.2, 0) is 11.2 Å². The molecule has 0 saturated heterocycles. The summed E-state index contributed by atoms with van der Waals surface area (Å²) >= 11 is 3.32. The minimum atomic E-state index is -0.824. The number of fused-ring (bicyclic) bond motifs is 1. The van der Waals surface area contributed by atoms with Crippen LogP contribution in [0.3, 0.4) is 0 Å². The standard InChI is InChI=1S/C20H13BrF2N4O2/c21-12-9-25-20(29)16-17(11-4-1-3-10(7-11)8-15(24)28)26-27(18(12)16)19-13(22)5-2-6-14(19)23/h1-7,9H,8H2,(H2,24,28)(H,25,29). The molecule has 4 aromatic rings. The largest absolute Gasteiger partial charge is 0.369 e. The molecule has 2 heterocycles. The van der Waals surface area contributed by atoms with E-state index in [0.29, 0.717) is 15.6 Å². The molecule has 0 fully saturated rings. The Bertz CT molecular complexity index is 1310. The van der Waals surface area contributed by atoms with Crippen LogP contribution in [0.15, 0.2) is 57.9 Å². The summed E-state index contributed by atoms with van der Waals surface area (Å²) in [5, 5.41) is 4.52. The number of aromatic nitrogens is 3. The average molecular weight is 459 g/mol. The summed E-state index contributed by atoms with van der Waals surface area (Å²) in [4.78, 5) is 26.4. The van der Waals surface area contributed by atoms with Gasteiger partial charge in [0, 0.05) is 11.8 Å². The van der Waals surface area contributed by atoms with Crippen molar-refractivity contribution >= 4 is 32.7 Å². The molecule has 9 heteroatoms. The second-order valence-electron chi connectivity index (χ2n) is 6.36. The Labute approximate surface area is 171 Å². The quantitative estimate of drug-likeness (QED) is 0.490. The van der Waals surface area contributed by atoms with E-state index in [9.17, 15) is 18.4 Å². The molecule has 29 heavy (non-hydrogen) atoms. The van der Waals surface area contributed by atoms with Gasteiger partial charge in [-0.15, -0.1) is 0 Å². The lowest BCUT2D eigenvalue weighted by Crippen LogP contribution is -2.13. The monoisotopic (exact) mass is 458 g/mol. The Morgan fingerprint density at radius 1 is 1.17 bits per heavy atom. The van der Waals surface area contributed by atoms with Gasteiger partial charge in [-0.2, -0.15) is 5.10 Å². The summed E-state index contributed by atoms with van der Waals surface area (Å²) in [7, 11) is 0. The Morgan fingerprint density at radius 3 is 2.55 bits per heavy atom. The number of hydrogen-bond acceptors (Lipinski definition) is 3. The molecule has 2 aromatic heterocycles. The summed E-state index contributed by atoms with van der Waals surface area (Å²) in [6.07, 6.45) is 1.39. The van der Waals surface area contributed by atoms with Gasteiger partial charge in [0.05, 0.1) is 21.8 Å². The summed E-state index contributed by atoms with van der Waals surface area (Å²) in [5.74, 6) is -2.15. The zero-order chi connectivity index (χ0) is 20.7. The molecular formula is C20H13BrF2N4O2. The minimum absolute atomic E-state index is 0.00841. The van der Waals surface area contributed by atoms with Gasteiger partial charge in [-0.05, 0) is 39.7 Å². The van der Waals surface area contributed by atoms with Crippen LogP contribution in [0.25, 0.3) is 27.8 Å². The molecular weight excluding hydrogens is 446 g/mol. The highest BCUT2D eigenvalue weighted by molar-refractivity contribution is 9.10. The van der Waals surface area contributed by atoms with Gasteiger partial charge < -0.3 is 10.7 Å². The third-order valence-corrected chi connectivity index (χ3v) is 5.00. The van der Waals surface area contributed by atoms with Crippen LogP contribution in [0.1, 0.15) is 5.56 Å². The molecule has 0 spiro atoms. The molecule has 0 bridgehead atoms. The number of benzene rings is 2.